The molecule has 0 saturated heterocycles. The molecule has 3 saturated carbocycles. The van der Waals surface area contributed by atoms with Crippen LogP contribution in [0.15, 0.2) is 11.6 Å². The van der Waals surface area contributed by atoms with Crippen LogP contribution in [-0.2, 0) is 0 Å². The molecule has 9 atom stereocenters. The van der Waals surface area contributed by atoms with Crippen molar-refractivity contribution in [1.29, 1.82) is 0 Å². The van der Waals surface area contributed by atoms with Gasteiger partial charge in [-0.15, -0.1) is 0 Å². The summed E-state index contributed by atoms with van der Waals surface area (Å²) >= 11 is 0. The molecule has 0 amide bonds. The lowest BCUT2D eigenvalue weighted by molar-refractivity contribution is -0.118. The van der Waals surface area contributed by atoms with Crippen molar-refractivity contribution < 1.29 is 15.3 Å². The van der Waals surface area contributed by atoms with Crippen molar-refractivity contribution in [3.63, 3.8) is 0 Å². The maximum absolute atomic E-state index is 10.8. The topological polar surface area (TPSA) is 60.7 Å². The second kappa shape index (κ2) is 8.07. The molecule has 0 aliphatic heterocycles. The Kier molecular flexibility index (Phi) is 6.28. The van der Waals surface area contributed by atoms with Gasteiger partial charge in [-0.25, -0.2) is 0 Å². The van der Waals surface area contributed by atoms with Gasteiger partial charge in [0.05, 0.1) is 17.8 Å². The first-order valence-electron chi connectivity index (χ1n) is 13.9. The van der Waals surface area contributed by atoms with E-state index in [1.807, 2.05) is 0 Å². The summed E-state index contributed by atoms with van der Waals surface area (Å²) in [4.78, 5) is 0. The van der Waals surface area contributed by atoms with E-state index in [0.29, 0.717) is 40.9 Å². The highest BCUT2D eigenvalue weighted by Crippen LogP contribution is 2.73. The summed E-state index contributed by atoms with van der Waals surface area (Å²) in [6, 6.07) is 0. The summed E-state index contributed by atoms with van der Waals surface area (Å²) in [5, 5.41) is 31.4. The monoisotopic (exact) mass is 460 g/mol. The Bertz CT molecular complexity index is 778. The first-order chi connectivity index (χ1) is 15.1. The fraction of sp³-hybridized carbons (Fsp3) is 0.933. The van der Waals surface area contributed by atoms with Gasteiger partial charge < -0.3 is 15.3 Å². The average molecular weight is 461 g/mol. The Morgan fingerprint density at radius 3 is 2.27 bits per heavy atom. The third-order valence-corrected chi connectivity index (χ3v) is 12.3. The van der Waals surface area contributed by atoms with Crippen LogP contribution in [0.4, 0.5) is 0 Å². The molecule has 3 fully saturated rings. The Morgan fingerprint density at radius 1 is 0.970 bits per heavy atom. The van der Waals surface area contributed by atoms with Crippen LogP contribution in [0, 0.1) is 45.3 Å². The van der Waals surface area contributed by atoms with Crippen molar-refractivity contribution in [2.24, 2.45) is 45.3 Å². The quantitative estimate of drug-likeness (QED) is 0.410. The summed E-state index contributed by atoms with van der Waals surface area (Å²) in [6.07, 6.45) is 11.8. The first-order valence-corrected chi connectivity index (χ1v) is 13.9. The lowest BCUT2D eigenvalue weighted by atomic mass is 9.41. The molecule has 3 nitrogen and oxygen atoms in total. The zero-order chi connectivity index (χ0) is 24.6. The highest BCUT2D eigenvalue weighted by Gasteiger charge is 2.65. The van der Waals surface area contributed by atoms with Crippen LogP contribution >= 0.6 is 0 Å². The van der Waals surface area contributed by atoms with Gasteiger partial charge in [0, 0.05) is 0 Å². The Labute approximate surface area is 203 Å². The fourth-order valence-electron chi connectivity index (χ4n) is 9.65. The van der Waals surface area contributed by atoms with Crippen LogP contribution in [0.25, 0.3) is 0 Å². The number of fused-ring (bicyclic) bond motifs is 5. The van der Waals surface area contributed by atoms with Crippen LogP contribution in [0.5, 0.6) is 0 Å². The molecule has 3 N–H and O–H groups in total. The zero-order valence-corrected chi connectivity index (χ0v) is 22.7. The molecule has 4 aliphatic carbocycles. The maximum atomic E-state index is 10.8. The van der Waals surface area contributed by atoms with Gasteiger partial charge >= 0.3 is 0 Å². The predicted molar refractivity (Wildman–Crippen MR) is 136 cm³/mol. The summed E-state index contributed by atoms with van der Waals surface area (Å²) in [6.45, 7) is 18.1. The van der Waals surface area contributed by atoms with Crippen molar-refractivity contribution >= 4 is 0 Å². The Morgan fingerprint density at radius 2 is 1.64 bits per heavy atom. The molecule has 0 spiro atoms. The average Bonchev–Trinajstić information content (AvgIpc) is 3.00. The van der Waals surface area contributed by atoms with Gasteiger partial charge in [-0.1, -0.05) is 53.2 Å². The van der Waals surface area contributed by atoms with Gasteiger partial charge in [0.1, 0.15) is 0 Å². The molecule has 3 heteroatoms. The van der Waals surface area contributed by atoms with Crippen molar-refractivity contribution in [3.8, 4) is 0 Å². The van der Waals surface area contributed by atoms with Gasteiger partial charge in [-0.2, -0.15) is 0 Å². The van der Waals surface area contributed by atoms with E-state index in [9.17, 15) is 15.3 Å². The third kappa shape index (κ3) is 3.70. The van der Waals surface area contributed by atoms with E-state index in [2.05, 4.69) is 47.6 Å². The molecule has 190 valence electrons. The molecule has 0 aromatic rings. The third-order valence-electron chi connectivity index (χ3n) is 12.3. The second-order valence-corrected chi connectivity index (χ2v) is 14.5. The highest BCUT2D eigenvalue weighted by molar-refractivity contribution is 5.32. The van der Waals surface area contributed by atoms with E-state index >= 15 is 0 Å². The zero-order valence-electron chi connectivity index (χ0n) is 22.7. The van der Waals surface area contributed by atoms with Gasteiger partial charge in [0.15, 0.2) is 0 Å². The lowest BCUT2D eigenvalue weighted by Gasteiger charge is -2.64. The first kappa shape index (κ1) is 25.7. The van der Waals surface area contributed by atoms with E-state index in [-0.39, 0.29) is 16.9 Å². The standard InChI is InChI=1S/C30H52O3/c1-19(9-12-25(32)27(4,5)33)20-13-17-30(8)22-10-11-23-26(2,3)24(31)15-16-28(23,6)21(22)14-18-29(20,30)7/h14,19-20,22-25,31-33H,9-13,15-18H2,1-8H3/t19-,20-,22-,23?,24?,25?,28-,29-,30+/m1/s1. The molecule has 4 rings (SSSR count). The molecule has 0 aromatic carbocycles. The number of aliphatic hydroxyl groups excluding tert-OH is 2. The maximum Gasteiger partial charge on any atom is 0.0849 e. The summed E-state index contributed by atoms with van der Waals surface area (Å²) in [7, 11) is 0. The number of aliphatic hydroxyl groups is 3. The molecule has 3 unspecified atom stereocenters. The molecular formula is C30H52O3. The molecule has 0 aromatic heterocycles. The van der Waals surface area contributed by atoms with Gasteiger partial charge in [0.2, 0.25) is 0 Å². The van der Waals surface area contributed by atoms with E-state index in [1.165, 1.54) is 32.1 Å². The van der Waals surface area contributed by atoms with Crippen molar-refractivity contribution in [2.75, 3.05) is 0 Å². The van der Waals surface area contributed by atoms with E-state index in [0.717, 1.165) is 19.3 Å². The van der Waals surface area contributed by atoms with Crippen LogP contribution in [-0.4, -0.2) is 33.1 Å². The number of hydrogen-bond donors (Lipinski definition) is 3. The minimum atomic E-state index is -1.02. The molecule has 4 aliphatic rings. The SMILES string of the molecule is C[C@H](CCC(O)C(C)(C)O)[C@H]1CC[C@@]2(C)[C@@H]3CCC4C(C)(C)C(O)CC[C@]4(C)C3=CC[C@]12C. The van der Waals surface area contributed by atoms with Crippen LogP contribution < -0.4 is 0 Å². The Hall–Kier alpha value is -0.380. The predicted octanol–water partition coefficient (Wildman–Crippen LogP) is 6.50. The van der Waals surface area contributed by atoms with Crippen LogP contribution in [0.1, 0.15) is 113 Å². The molecular weight excluding hydrogens is 408 g/mol. The van der Waals surface area contributed by atoms with Gasteiger partial charge in [-0.3, -0.25) is 0 Å². The number of hydrogen-bond acceptors (Lipinski definition) is 3. The minimum Gasteiger partial charge on any atom is -0.393 e. The van der Waals surface area contributed by atoms with Gasteiger partial charge in [-0.05, 0) is 117 Å². The van der Waals surface area contributed by atoms with Crippen molar-refractivity contribution in [3.05, 3.63) is 11.6 Å². The second-order valence-electron chi connectivity index (χ2n) is 14.5. The van der Waals surface area contributed by atoms with Crippen molar-refractivity contribution in [1.82, 2.24) is 0 Å². The summed E-state index contributed by atoms with van der Waals surface area (Å²) in [5.41, 5.74) is 1.58. The number of allylic oxidation sites excluding steroid dienone is 2. The molecule has 33 heavy (non-hydrogen) atoms. The van der Waals surface area contributed by atoms with E-state index in [1.54, 1.807) is 19.4 Å². The van der Waals surface area contributed by atoms with Crippen LogP contribution in [0.3, 0.4) is 0 Å². The normalized spacial score (nSPS) is 46.6. The molecule has 0 bridgehead atoms. The highest BCUT2D eigenvalue weighted by atomic mass is 16.3. The van der Waals surface area contributed by atoms with E-state index < -0.39 is 11.7 Å². The van der Waals surface area contributed by atoms with Gasteiger partial charge in [0.25, 0.3) is 0 Å². The number of rotatable bonds is 5. The smallest absolute Gasteiger partial charge is 0.0849 e. The minimum absolute atomic E-state index is 0.00545. The Balaban J connectivity index is 1.59. The fourth-order valence-corrected chi connectivity index (χ4v) is 9.65. The molecule has 0 heterocycles. The van der Waals surface area contributed by atoms with E-state index in [4.69, 9.17) is 0 Å². The van der Waals surface area contributed by atoms with Crippen LogP contribution in [0.2, 0.25) is 0 Å². The summed E-state index contributed by atoms with van der Waals surface area (Å²) < 4.78 is 0. The lowest BCUT2D eigenvalue weighted by Crippen LogP contribution is -2.57. The summed E-state index contributed by atoms with van der Waals surface area (Å²) in [5.74, 6) is 2.47. The van der Waals surface area contributed by atoms with Crippen molar-refractivity contribution in [2.45, 2.75) is 131 Å². The molecule has 0 radical (unpaired) electrons. The largest absolute Gasteiger partial charge is 0.393 e.